The third-order valence-electron chi connectivity index (χ3n) is 4.68. The maximum absolute atomic E-state index is 12.2. The molecule has 2 aliphatic rings. The van der Waals surface area contributed by atoms with Gasteiger partial charge in [-0.3, -0.25) is 4.79 Å². The summed E-state index contributed by atoms with van der Waals surface area (Å²) in [6.45, 7) is 2.01. The SMILES string of the molecule is CCc1ncc(C(=O)N[C@H]2CC[C@@H]3CCC[C@@H]32)cn1. The molecule has 0 saturated heterocycles. The van der Waals surface area contributed by atoms with Crippen molar-refractivity contribution in [1.82, 2.24) is 15.3 Å². The molecular formula is C15H21N3O. The van der Waals surface area contributed by atoms with Gasteiger partial charge in [0.1, 0.15) is 5.82 Å². The molecule has 1 heterocycles. The van der Waals surface area contributed by atoms with Crippen LogP contribution in [0.15, 0.2) is 12.4 Å². The summed E-state index contributed by atoms with van der Waals surface area (Å²) in [4.78, 5) is 20.6. The Labute approximate surface area is 114 Å². The average molecular weight is 259 g/mol. The van der Waals surface area contributed by atoms with Gasteiger partial charge >= 0.3 is 0 Å². The molecule has 0 unspecified atom stereocenters. The van der Waals surface area contributed by atoms with Crippen LogP contribution < -0.4 is 5.32 Å². The fourth-order valence-electron chi connectivity index (χ4n) is 3.65. The van der Waals surface area contributed by atoms with Crippen molar-refractivity contribution in [2.24, 2.45) is 11.8 Å². The monoisotopic (exact) mass is 259 g/mol. The van der Waals surface area contributed by atoms with Crippen molar-refractivity contribution >= 4 is 5.91 Å². The van der Waals surface area contributed by atoms with Crippen LogP contribution >= 0.6 is 0 Å². The van der Waals surface area contributed by atoms with E-state index in [1.54, 1.807) is 12.4 Å². The molecule has 0 spiro atoms. The van der Waals surface area contributed by atoms with Gasteiger partial charge in [-0.25, -0.2) is 9.97 Å². The number of hydrogen-bond acceptors (Lipinski definition) is 3. The summed E-state index contributed by atoms with van der Waals surface area (Å²) in [6, 6.07) is 0.367. The average Bonchev–Trinajstić information content (AvgIpc) is 3.04. The van der Waals surface area contributed by atoms with E-state index in [9.17, 15) is 4.79 Å². The molecule has 19 heavy (non-hydrogen) atoms. The van der Waals surface area contributed by atoms with E-state index >= 15 is 0 Å². The van der Waals surface area contributed by atoms with Gasteiger partial charge in [-0.15, -0.1) is 0 Å². The molecule has 0 aromatic carbocycles. The van der Waals surface area contributed by atoms with Gasteiger partial charge in [0.15, 0.2) is 0 Å². The molecule has 102 valence electrons. The van der Waals surface area contributed by atoms with Crippen molar-refractivity contribution in [3.63, 3.8) is 0 Å². The molecule has 2 saturated carbocycles. The molecule has 1 N–H and O–H groups in total. The number of nitrogens with zero attached hydrogens (tertiary/aromatic N) is 2. The molecule has 1 aromatic heterocycles. The second-order valence-electron chi connectivity index (χ2n) is 5.75. The Morgan fingerprint density at radius 1 is 1.26 bits per heavy atom. The zero-order valence-corrected chi connectivity index (χ0v) is 11.4. The molecule has 4 nitrogen and oxygen atoms in total. The lowest BCUT2D eigenvalue weighted by atomic mass is 9.97. The topological polar surface area (TPSA) is 54.9 Å². The Kier molecular flexibility index (Phi) is 3.49. The summed E-state index contributed by atoms with van der Waals surface area (Å²) in [6.07, 6.45) is 10.5. The van der Waals surface area contributed by atoms with E-state index in [1.165, 1.54) is 25.7 Å². The Bertz CT molecular complexity index is 457. The first-order valence-corrected chi connectivity index (χ1v) is 7.39. The molecule has 4 heteroatoms. The quantitative estimate of drug-likeness (QED) is 0.906. The maximum Gasteiger partial charge on any atom is 0.254 e. The fourth-order valence-corrected chi connectivity index (χ4v) is 3.65. The van der Waals surface area contributed by atoms with E-state index < -0.39 is 0 Å². The van der Waals surface area contributed by atoms with E-state index in [1.807, 2.05) is 6.92 Å². The van der Waals surface area contributed by atoms with E-state index in [4.69, 9.17) is 0 Å². The van der Waals surface area contributed by atoms with Crippen molar-refractivity contribution in [3.05, 3.63) is 23.8 Å². The molecular weight excluding hydrogens is 238 g/mol. The number of aryl methyl sites for hydroxylation is 1. The second-order valence-corrected chi connectivity index (χ2v) is 5.75. The number of amides is 1. The van der Waals surface area contributed by atoms with Gasteiger partial charge in [0.2, 0.25) is 0 Å². The molecule has 0 radical (unpaired) electrons. The predicted octanol–water partition coefficient (Wildman–Crippen LogP) is 2.35. The van der Waals surface area contributed by atoms with Crippen LogP contribution in [0.5, 0.6) is 0 Å². The number of carbonyl (C=O) groups is 1. The first kappa shape index (κ1) is 12.6. The number of carbonyl (C=O) groups excluding carboxylic acids is 1. The molecule has 0 bridgehead atoms. The summed E-state index contributed by atoms with van der Waals surface area (Å²) in [5.41, 5.74) is 0.582. The van der Waals surface area contributed by atoms with Crippen molar-refractivity contribution in [1.29, 1.82) is 0 Å². The minimum atomic E-state index is -0.0137. The Morgan fingerprint density at radius 2 is 2.05 bits per heavy atom. The Morgan fingerprint density at radius 3 is 2.79 bits per heavy atom. The molecule has 0 aliphatic heterocycles. The van der Waals surface area contributed by atoms with Gasteiger partial charge in [-0.05, 0) is 31.1 Å². The van der Waals surface area contributed by atoms with Gasteiger partial charge < -0.3 is 5.32 Å². The van der Waals surface area contributed by atoms with Crippen LogP contribution in [-0.4, -0.2) is 21.9 Å². The third-order valence-corrected chi connectivity index (χ3v) is 4.68. The van der Waals surface area contributed by atoms with Crippen molar-refractivity contribution in [3.8, 4) is 0 Å². The standard InChI is InChI=1S/C15H21N3O/c1-2-14-16-8-11(9-17-14)15(19)18-13-7-6-10-4-3-5-12(10)13/h8-10,12-13H,2-7H2,1H3,(H,18,19)/t10-,12-,13-/m0/s1. The van der Waals surface area contributed by atoms with Crippen LogP contribution in [0.25, 0.3) is 0 Å². The van der Waals surface area contributed by atoms with Gasteiger partial charge in [-0.1, -0.05) is 19.8 Å². The van der Waals surface area contributed by atoms with Gasteiger partial charge in [0.25, 0.3) is 5.91 Å². The van der Waals surface area contributed by atoms with Crippen molar-refractivity contribution in [2.45, 2.75) is 51.5 Å². The number of fused-ring (bicyclic) bond motifs is 1. The molecule has 3 rings (SSSR count). The number of aromatic nitrogens is 2. The number of hydrogen-bond donors (Lipinski definition) is 1. The highest BCUT2D eigenvalue weighted by molar-refractivity contribution is 5.93. The summed E-state index contributed by atoms with van der Waals surface area (Å²) in [7, 11) is 0. The summed E-state index contributed by atoms with van der Waals surface area (Å²) in [5, 5.41) is 3.19. The predicted molar refractivity (Wildman–Crippen MR) is 72.7 cm³/mol. The highest BCUT2D eigenvalue weighted by Crippen LogP contribution is 2.43. The number of rotatable bonds is 3. The van der Waals surface area contributed by atoms with Crippen LogP contribution in [0.4, 0.5) is 0 Å². The molecule has 2 fully saturated rings. The molecule has 1 aromatic rings. The lowest BCUT2D eigenvalue weighted by Crippen LogP contribution is -2.37. The summed E-state index contributed by atoms with van der Waals surface area (Å²) < 4.78 is 0. The summed E-state index contributed by atoms with van der Waals surface area (Å²) >= 11 is 0. The Hall–Kier alpha value is -1.45. The normalized spacial score (nSPS) is 29.2. The van der Waals surface area contributed by atoms with Crippen LogP contribution in [0.2, 0.25) is 0 Å². The zero-order valence-electron chi connectivity index (χ0n) is 11.4. The smallest absolute Gasteiger partial charge is 0.254 e. The molecule has 1 amide bonds. The van der Waals surface area contributed by atoms with Gasteiger partial charge in [0.05, 0.1) is 5.56 Å². The first-order chi connectivity index (χ1) is 9.28. The largest absolute Gasteiger partial charge is 0.349 e. The van der Waals surface area contributed by atoms with Crippen LogP contribution in [0.1, 0.15) is 55.2 Å². The Balaban J connectivity index is 1.64. The van der Waals surface area contributed by atoms with Crippen molar-refractivity contribution < 1.29 is 4.79 Å². The number of nitrogens with one attached hydrogen (secondary N) is 1. The van der Waals surface area contributed by atoms with Crippen LogP contribution in [0, 0.1) is 11.8 Å². The third kappa shape index (κ3) is 2.48. The maximum atomic E-state index is 12.2. The lowest BCUT2D eigenvalue weighted by molar-refractivity contribution is 0.0925. The van der Waals surface area contributed by atoms with E-state index in [2.05, 4.69) is 15.3 Å². The van der Waals surface area contributed by atoms with Gasteiger partial charge in [-0.2, -0.15) is 0 Å². The van der Waals surface area contributed by atoms with E-state index in [0.717, 1.165) is 24.6 Å². The minimum Gasteiger partial charge on any atom is -0.349 e. The molecule has 3 atom stereocenters. The molecule has 2 aliphatic carbocycles. The minimum absolute atomic E-state index is 0.0137. The van der Waals surface area contributed by atoms with Gasteiger partial charge in [0, 0.05) is 24.9 Å². The van der Waals surface area contributed by atoms with Crippen molar-refractivity contribution in [2.75, 3.05) is 0 Å². The lowest BCUT2D eigenvalue weighted by Gasteiger charge is -2.19. The fraction of sp³-hybridized carbons (Fsp3) is 0.667. The van der Waals surface area contributed by atoms with E-state index in [0.29, 0.717) is 17.5 Å². The first-order valence-electron chi connectivity index (χ1n) is 7.39. The highest BCUT2D eigenvalue weighted by Gasteiger charge is 2.39. The zero-order chi connectivity index (χ0) is 13.2. The second kappa shape index (κ2) is 5.27. The van der Waals surface area contributed by atoms with E-state index in [-0.39, 0.29) is 5.91 Å². The van der Waals surface area contributed by atoms with Crippen LogP contribution in [-0.2, 0) is 6.42 Å². The highest BCUT2D eigenvalue weighted by atomic mass is 16.1. The summed E-state index contributed by atoms with van der Waals surface area (Å²) in [5.74, 6) is 2.33. The van der Waals surface area contributed by atoms with Crippen LogP contribution in [0.3, 0.4) is 0 Å².